The first kappa shape index (κ1) is 14.2. The number of nitrogens with one attached hydrogen (secondary N) is 1. The van der Waals surface area contributed by atoms with Gasteiger partial charge in [-0.3, -0.25) is 4.72 Å². The summed E-state index contributed by atoms with van der Waals surface area (Å²) in [5, 5.41) is 0. The number of nitrogens with zero attached hydrogens (tertiary/aromatic N) is 2. The highest BCUT2D eigenvalue weighted by Crippen LogP contribution is 2.15. The van der Waals surface area contributed by atoms with Crippen molar-refractivity contribution in [3.05, 3.63) is 42.4 Å². The molecule has 8 heteroatoms. The summed E-state index contributed by atoms with van der Waals surface area (Å²) in [7, 11) is -2.19. The number of nitrogen functional groups attached to an aromatic ring is 1. The molecule has 0 fully saturated rings. The predicted octanol–water partition coefficient (Wildman–Crippen LogP) is 1.01. The molecule has 0 radical (unpaired) electrons. The molecule has 0 saturated heterocycles. The van der Waals surface area contributed by atoms with Crippen molar-refractivity contribution in [2.24, 2.45) is 0 Å². The number of hydrogen-bond acceptors (Lipinski definition) is 6. The lowest BCUT2D eigenvalue weighted by Crippen LogP contribution is -2.14. The molecule has 1 aromatic heterocycles. The molecule has 0 aliphatic rings. The molecule has 0 spiro atoms. The fraction of sp³-hybridized carbons (Fsp3) is 0.167. The molecule has 2 aromatic rings. The number of benzene rings is 1. The number of ether oxygens (including phenoxy) is 1. The standard InChI is InChI=1S/C12H14N4O3S/c1-19-8-12-14-7-6-11(15-12)16-20(17,18)10-4-2-9(13)3-5-10/h2-7H,8,13H2,1H3,(H,14,15,16). The minimum absolute atomic E-state index is 0.110. The molecule has 106 valence electrons. The average molecular weight is 294 g/mol. The fourth-order valence-electron chi connectivity index (χ4n) is 1.50. The van der Waals surface area contributed by atoms with E-state index in [9.17, 15) is 8.42 Å². The summed E-state index contributed by atoms with van der Waals surface area (Å²) < 4.78 is 31.5. The Bertz CT molecular complexity index is 686. The van der Waals surface area contributed by atoms with Gasteiger partial charge in [-0.05, 0) is 30.3 Å². The zero-order valence-corrected chi connectivity index (χ0v) is 11.6. The van der Waals surface area contributed by atoms with Crippen molar-refractivity contribution in [2.45, 2.75) is 11.5 Å². The van der Waals surface area contributed by atoms with Gasteiger partial charge in [-0.2, -0.15) is 0 Å². The summed E-state index contributed by atoms with van der Waals surface area (Å²) >= 11 is 0. The first-order valence-corrected chi connectivity index (χ1v) is 7.19. The predicted molar refractivity (Wildman–Crippen MR) is 74.4 cm³/mol. The van der Waals surface area contributed by atoms with Crippen molar-refractivity contribution in [1.82, 2.24) is 9.97 Å². The lowest BCUT2D eigenvalue weighted by atomic mass is 10.3. The van der Waals surface area contributed by atoms with Crippen LogP contribution in [0.1, 0.15) is 5.82 Å². The number of methoxy groups -OCH3 is 1. The summed E-state index contributed by atoms with van der Waals surface area (Å²) in [5.74, 6) is 0.578. The lowest BCUT2D eigenvalue weighted by Gasteiger charge is -2.08. The molecule has 0 bridgehead atoms. The highest BCUT2D eigenvalue weighted by Gasteiger charge is 2.14. The van der Waals surface area contributed by atoms with Crippen molar-refractivity contribution in [3.63, 3.8) is 0 Å². The monoisotopic (exact) mass is 294 g/mol. The van der Waals surface area contributed by atoms with Crippen molar-refractivity contribution < 1.29 is 13.2 Å². The summed E-state index contributed by atoms with van der Waals surface area (Å²) in [5.41, 5.74) is 6.02. The first-order valence-electron chi connectivity index (χ1n) is 5.70. The van der Waals surface area contributed by atoms with Gasteiger partial charge in [0.05, 0.1) is 4.90 Å². The highest BCUT2D eigenvalue weighted by atomic mass is 32.2. The minimum atomic E-state index is -3.70. The van der Waals surface area contributed by atoms with Crippen LogP contribution in [-0.2, 0) is 21.4 Å². The number of hydrogen-bond donors (Lipinski definition) is 2. The van der Waals surface area contributed by atoms with Crippen LogP contribution in [0.15, 0.2) is 41.4 Å². The molecule has 0 aliphatic heterocycles. The summed E-state index contributed by atoms with van der Waals surface area (Å²) in [6, 6.07) is 7.35. The van der Waals surface area contributed by atoms with E-state index < -0.39 is 10.0 Å². The third-order valence-electron chi connectivity index (χ3n) is 2.41. The first-order chi connectivity index (χ1) is 9.51. The molecule has 3 N–H and O–H groups in total. The smallest absolute Gasteiger partial charge is 0.263 e. The van der Waals surface area contributed by atoms with Crippen LogP contribution in [0, 0.1) is 0 Å². The van der Waals surface area contributed by atoms with Gasteiger partial charge in [-0.15, -0.1) is 0 Å². The van der Waals surface area contributed by atoms with Crippen LogP contribution >= 0.6 is 0 Å². The van der Waals surface area contributed by atoms with Gasteiger partial charge in [-0.25, -0.2) is 18.4 Å². The Morgan fingerprint density at radius 2 is 1.95 bits per heavy atom. The molecule has 1 aromatic carbocycles. The van der Waals surface area contributed by atoms with E-state index >= 15 is 0 Å². The van der Waals surface area contributed by atoms with Crippen LogP contribution in [0.2, 0.25) is 0 Å². The number of anilines is 2. The van der Waals surface area contributed by atoms with Gasteiger partial charge in [-0.1, -0.05) is 0 Å². The van der Waals surface area contributed by atoms with Gasteiger partial charge in [0.25, 0.3) is 10.0 Å². The van der Waals surface area contributed by atoms with Crippen LogP contribution in [0.4, 0.5) is 11.5 Å². The van der Waals surface area contributed by atoms with E-state index in [4.69, 9.17) is 10.5 Å². The SMILES string of the molecule is COCc1nccc(NS(=O)(=O)c2ccc(N)cc2)n1. The van der Waals surface area contributed by atoms with Crippen LogP contribution in [0.3, 0.4) is 0 Å². The second-order valence-electron chi connectivity index (χ2n) is 3.97. The van der Waals surface area contributed by atoms with Crippen LogP contribution in [-0.4, -0.2) is 25.5 Å². The van der Waals surface area contributed by atoms with E-state index in [-0.39, 0.29) is 17.3 Å². The van der Waals surface area contributed by atoms with E-state index in [1.165, 1.54) is 43.6 Å². The van der Waals surface area contributed by atoms with Gasteiger partial charge in [0.15, 0.2) is 5.82 Å². The van der Waals surface area contributed by atoms with E-state index in [1.54, 1.807) is 0 Å². The van der Waals surface area contributed by atoms with E-state index in [0.717, 1.165) is 0 Å². The molecule has 2 rings (SSSR count). The number of aromatic nitrogens is 2. The van der Waals surface area contributed by atoms with Crippen molar-refractivity contribution in [2.75, 3.05) is 17.6 Å². The number of nitrogens with two attached hydrogens (primary N) is 1. The number of sulfonamides is 1. The largest absolute Gasteiger partial charge is 0.399 e. The van der Waals surface area contributed by atoms with Gasteiger partial charge < -0.3 is 10.5 Å². The molecule has 20 heavy (non-hydrogen) atoms. The summed E-state index contributed by atoms with van der Waals surface area (Å²) in [6.07, 6.45) is 1.46. The van der Waals surface area contributed by atoms with E-state index in [2.05, 4.69) is 14.7 Å². The molecular weight excluding hydrogens is 280 g/mol. The molecule has 0 saturated carbocycles. The third-order valence-corrected chi connectivity index (χ3v) is 3.78. The Morgan fingerprint density at radius 3 is 2.60 bits per heavy atom. The van der Waals surface area contributed by atoms with Gasteiger partial charge in [0.2, 0.25) is 0 Å². The van der Waals surface area contributed by atoms with Gasteiger partial charge >= 0.3 is 0 Å². The normalized spacial score (nSPS) is 11.2. The van der Waals surface area contributed by atoms with Gasteiger partial charge in [0, 0.05) is 19.0 Å². The maximum Gasteiger partial charge on any atom is 0.263 e. The van der Waals surface area contributed by atoms with E-state index in [1.807, 2.05) is 0 Å². The quantitative estimate of drug-likeness (QED) is 0.797. The topological polar surface area (TPSA) is 107 Å². The molecule has 0 unspecified atom stereocenters. The lowest BCUT2D eigenvalue weighted by molar-refractivity contribution is 0.178. The Kier molecular flexibility index (Phi) is 4.16. The van der Waals surface area contributed by atoms with Crippen LogP contribution in [0.5, 0.6) is 0 Å². The molecule has 0 atom stereocenters. The van der Waals surface area contributed by atoms with Crippen molar-refractivity contribution >= 4 is 21.5 Å². The Hall–Kier alpha value is -2.19. The molecular formula is C12H14N4O3S. The van der Waals surface area contributed by atoms with Crippen molar-refractivity contribution in [3.8, 4) is 0 Å². The highest BCUT2D eigenvalue weighted by molar-refractivity contribution is 7.92. The van der Waals surface area contributed by atoms with Crippen LogP contribution in [0.25, 0.3) is 0 Å². The molecule has 1 heterocycles. The molecule has 0 aliphatic carbocycles. The fourth-order valence-corrected chi connectivity index (χ4v) is 2.50. The molecule has 0 amide bonds. The van der Waals surface area contributed by atoms with E-state index in [0.29, 0.717) is 11.5 Å². The second-order valence-corrected chi connectivity index (χ2v) is 5.65. The Labute approximate surface area is 116 Å². The second kappa shape index (κ2) is 5.85. The Balaban J connectivity index is 2.24. The zero-order valence-electron chi connectivity index (χ0n) is 10.8. The third kappa shape index (κ3) is 3.43. The maximum absolute atomic E-state index is 12.1. The van der Waals surface area contributed by atoms with Crippen LogP contribution < -0.4 is 10.5 Å². The minimum Gasteiger partial charge on any atom is -0.399 e. The van der Waals surface area contributed by atoms with Crippen molar-refractivity contribution in [1.29, 1.82) is 0 Å². The molecule has 7 nitrogen and oxygen atoms in total. The average Bonchev–Trinajstić information content (AvgIpc) is 2.39. The Morgan fingerprint density at radius 1 is 1.25 bits per heavy atom. The maximum atomic E-state index is 12.1. The zero-order chi connectivity index (χ0) is 14.6. The number of rotatable bonds is 5. The summed E-state index contributed by atoms with van der Waals surface area (Å²) in [4.78, 5) is 8.11. The van der Waals surface area contributed by atoms with Gasteiger partial charge in [0.1, 0.15) is 12.4 Å². The summed E-state index contributed by atoms with van der Waals surface area (Å²) in [6.45, 7) is 0.206.